The zero-order chi connectivity index (χ0) is 10.3. The number of rotatable bonds is 1. The van der Waals surface area contributed by atoms with Gasteiger partial charge in [0.2, 0.25) is 0 Å². The zero-order valence-corrected chi connectivity index (χ0v) is 8.64. The van der Waals surface area contributed by atoms with Crippen LogP contribution in [0.3, 0.4) is 0 Å². The van der Waals surface area contributed by atoms with Gasteiger partial charge < -0.3 is 9.84 Å². The zero-order valence-electron chi connectivity index (χ0n) is 8.64. The molecular weight excluding hydrogens is 182 g/mol. The van der Waals surface area contributed by atoms with Crippen molar-refractivity contribution in [2.24, 2.45) is 7.05 Å². The van der Waals surface area contributed by atoms with Crippen LogP contribution in [0.1, 0.15) is 26.1 Å². The van der Waals surface area contributed by atoms with Crippen molar-refractivity contribution in [3.63, 3.8) is 0 Å². The maximum atomic E-state index is 10.4. The number of hydrogen-bond acceptors (Lipinski definition) is 4. The van der Waals surface area contributed by atoms with Gasteiger partial charge >= 0.3 is 0 Å². The van der Waals surface area contributed by atoms with Crippen LogP contribution in [0.15, 0.2) is 6.33 Å². The van der Waals surface area contributed by atoms with Crippen molar-refractivity contribution >= 4 is 0 Å². The molecule has 0 amide bonds. The maximum Gasteiger partial charge on any atom is 0.161 e. The Labute approximate surface area is 82.7 Å². The summed E-state index contributed by atoms with van der Waals surface area (Å²) in [5.41, 5.74) is -0.995. The molecule has 5 nitrogen and oxygen atoms in total. The van der Waals surface area contributed by atoms with Gasteiger partial charge in [0.05, 0.1) is 12.2 Å². The first-order chi connectivity index (χ1) is 6.54. The second kappa shape index (κ2) is 3.03. The highest BCUT2D eigenvalue weighted by molar-refractivity contribution is 5.08. The summed E-state index contributed by atoms with van der Waals surface area (Å²) in [5.74, 6) is 0.578. The van der Waals surface area contributed by atoms with Crippen molar-refractivity contribution in [1.82, 2.24) is 14.8 Å². The molecule has 3 atom stereocenters. The summed E-state index contributed by atoms with van der Waals surface area (Å²) in [7, 11) is 1.77. The van der Waals surface area contributed by atoms with E-state index in [4.69, 9.17) is 4.74 Å². The van der Waals surface area contributed by atoms with Crippen LogP contribution in [0.5, 0.6) is 0 Å². The third-order valence-corrected chi connectivity index (χ3v) is 2.81. The van der Waals surface area contributed by atoms with E-state index in [1.54, 1.807) is 11.7 Å². The van der Waals surface area contributed by atoms with E-state index in [2.05, 4.69) is 10.1 Å². The average molecular weight is 197 g/mol. The van der Waals surface area contributed by atoms with E-state index < -0.39 is 5.60 Å². The van der Waals surface area contributed by atoms with Crippen LogP contribution >= 0.6 is 0 Å². The monoisotopic (exact) mass is 197 g/mol. The highest BCUT2D eigenvalue weighted by Crippen LogP contribution is 2.37. The van der Waals surface area contributed by atoms with Crippen LogP contribution in [-0.2, 0) is 17.4 Å². The van der Waals surface area contributed by atoms with E-state index in [0.717, 1.165) is 0 Å². The predicted molar refractivity (Wildman–Crippen MR) is 49.5 cm³/mol. The molecule has 14 heavy (non-hydrogen) atoms. The molecule has 1 N–H and O–H groups in total. The molecule has 0 spiro atoms. The van der Waals surface area contributed by atoms with E-state index in [0.29, 0.717) is 12.2 Å². The Morgan fingerprint density at radius 2 is 2.36 bits per heavy atom. The summed E-state index contributed by atoms with van der Waals surface area (Å²) in [6.45, 7) is 3.81. The van der Waals surface area contributed by atoms with E-state index in [9.17, 15) is 5.11 Å². The second-order valence-electron chi connectivity index (χ2n) is 3.92. The Kier molecular flexibility index (Phi) is 2.08. The molecule has 3 unspecified atom stereocenters. The molecule has 0 aromatic carbocycles. The third kappa shape index (κ3) is 1.24. The summed E-state index contributed by atoms with van der Waals surface area (Å²) < 4.78 is 7.12. The van der Waals surface area contributed by atoms with Crippen LogP contribution in [0.2, 0.25) is 0 Å². The number of ether oxygens (including phenoxy) is 1. The van der Waals surface area contributed by atoms with Gasteiger partial charge in [0.1, 0.15) is 6.33 Å². The molecule has 78 valence electrons. The molecule has 1 aromatic heterocycles. The third-order valence-electron chi connectivity index (χ3n) is 2.81. The van der Waals surface area contributed by atoms with Crippen molar-refractivity contribution in [3.8, 4) is 0 Å². The number of nitrogens with zero attached hydrogens (tertiary/aromatic N) is 3. The van der Waals surface area contributed by atoms with Crippen LogP contribution in [0.4, 0.5) is 0 Å². The average Bonchev–Trinajstić information content (AvgIpc) is 2.59. The highest BCUT2D eigenvalue weighted by atomic mass is 16.5. The van der Waals surface area contributed by atoms with Crippen molar-refractivity contribution in [2.75, 3.05) is 0 Å². The van der Waals surface area contributed by atoms with Crippen LogP contribution in [0.25, 0.3) is 0 Å². The Morgan fingerprint density at radius 3 is 2.79 bits per heavy atom. The Balaban J connectivity index is 2.37. The van der Waals surface area contributed by atoms with Crippen molar-refractivity contribution in [3.05, 3.63) is 12.2 Å². The summed E-state index contributed by atoms with van der Waals surface area (Å²) >= 11 is 0. The molecule has 1 aliphatic heterocycles. The number of aryl methyl sites for hydroxylation is 1. The smallest absolute Gasteiger partial charge is 0.161 e. The second-order valence-corrected chi connectivity index (χ2v) is 3.92. The molecule has 1 aliphatic rings. The van der Waals surface area contributed by atoms with E-state index in [-0.39, 0.29) is 12.2 Å². The minimum Gasteiger partial charge on any atom is -0.379 e. The fraction of sp³-hybridized carbons (Fsp3) is 0.778. The molecule has 5 heteroatoms. The Morgan fingerprint density at radius 1 is 1.64 bits per heavy atom. The molecule has 2 rings (SSSR count). The number of aromatic nitrogens is 3. The molecular formula is C9H15N3O2. The molecule has 0 aliphatic carbocycles. The minimum absolute atomic E-state index is 0.0618. The Hall–Kier alpha value is -0.940. The van der Waals surface area contributed by atoms with Gasteiger partial charge in [-0.25, -0.2) is 4.98 Å². The summed E-state index contributed by atoms with van der Waals surface area (Å²) in [6.07, 6.45) is 1.84. The topological polar surface area (TPSA) is 60.2 Å². The maximum absolute atomic E-state index is 10.4. The van der Waals surface area contributed by atoms with Gasteiger partial charge in [0.25, 0.3) is 0 Å². The molecule has 0 saturated carbocycles. The van der Waals surface area contributed by atoms with Gasteiger partial charge in [-0.15, -0.1) is 0 Å². The predicted octanol–water partition coefficient (Wildman–Crippen LogP) is 0.200. The molecule has 1 aromatic rings. The van der Waals surface area contributed by atoms with Crippen LogP contribution in [-0.4, -0.2) is 32.1 Å². The molecule has 2 heterocycles. The van der Waals surface area contributed by atoms with Gasteiger partial charge in [-0.05, 0) is 13.8 Å². The fourth-order valence-electron chi connectivity index (χ4n) is 2.07. The van der Waals surface area contributed by atoms with Gasteiger partial charge in [-0.2, -0.15) is 5.10 Å². The van der Waals surface area contributed by atoms with Gasteiger partial charge in [-0.1, -0.05) is 0 Å². The Bertz CT molecular complexity index is 339. The normalized spacial score (nSPS) is 37.7. The first kappa shape index (κ1) is 9.61. The number of hydrogen-bond donors (Lipinski definition) is 1. The first-order valence-corrected chi connectivity index (χ1v) is 4.76. The molecule has 1 saturated heterocycles. The molecule has 0 bridgehead atoms. The summed E-state index contributed by atoms with van der Waals surface area (Å²) in [6, 6.07) is 0. The number of aliphatic hydroxyl groups is 1. The lowest BCUT2D eigenvalue weighted by atomic mass is 9.94. The van der Waals surface area contributed by atoms with Gasteiger partial charge in [0.15, 0.2) is 11.4 Å². The largest absolute Gasteiger partial charge is 0.379 e. The summed E-state index contributed by atoms with van der Waals surface area (Å²) in [4.78, 5) is 4.08. The SMILES string of the molecule is CC1CC(O)(c2ncnn2C)C(C)O1. The van der Waals surface area contributed by atoms with Gasteiger partial charge in [0, 0.05) is 13.5 Å². The van der Waals surface area contributed by atoms with Crippen molar-refractivity contribution in [2.45, 2.75) is 38.1 Å². The summed E-state index contributed by atoms with van der Waals surface area (Å²) in [5, 5.41) is 14.4. The van der Waals surface area contributed by atoms with Crippen LogP contribution < -0.4 is 0 Å². The van der Waals surface area contributed by atoms with Crippen molar-refractivity contribution < 1.29 is 9.84 Å². The minimum atomic E-state index is -0.995. The van der Waals surface area contributed by atoms with Crippen molar-refractivity contribution in [1.29, 1.82) is 0 Å². The van der Waals surface area contributed by atoms with E-state index in [1.165, 1.54) is 6.33 Å². The fourth-order valence-corrected chi connectivity index (χ4v) is 2.07. The lowest BCUT2D eigenvalue weighted by Crippen LogP contribution is -2.36. The quantitative estimate of drug-likeness (QED) is 0.698. The van der Waals surface area contributed by atoms with Crippen LogP contribution in [0, 0.1) is 0 Å². The van der Waals surface area contributed by atoms with E-state index in [1.807, 2.05) is 13.8 Å². The molecule has 0 radical (unpaired) electrons. The van der Waals surface area contributed by atoms with E-state index >= 15 is 0 Å². The lowest BCUT2D eigenvalue weighted by molar-refractivity contribution is -0.0467. The standard InChI is InChI=1S/C9H15N3O2/c1-6-4-9(13,7(2)14-6)8-10-5-11-12(8)3/h5-7,13H,4H2,1-3H3. The van der Waals surface area contributed by atoms with Gasteiger partial charge in [-0.3, -0.25) is 4.68 Å². The first-order valence-electron chi connectivity index (χ1n) is 4.76. The highest BCUT2D eigenvalue weighted by Gasteiger charge is 2.47. The molecule has 1 fully saturated rings. The lowest BCUT2D eigenvalue weighted by Gasteiger charge is -2.24.